The Morgan fingerprint density at radius 3 is 2.47 bits per heavy atom. The van der Waals surface area contributed by atoms with E-state index in [9.17, 15) is 4.39 Å². The second kappa shape index (κ2) is 5.40. The van der Waals surface area contributed by atoms with E-state index >= 15 is 0 Å². The predicted molar refractivity (Wildman–Crippen MR) is 65.4 cm³/mol. The summed E-state index contributed by atoms with van der Waals surface area (Å²) in [6.07, 6.45) is 4.71. The van der Waals surface area contributed by atoms with Crippen molar-refractivity contribution in [1.29, 1.82) is 0 Å². The summed E-state index contributed by atoms with van der Waals surface area (Å²) in [5.74, 6) is 0.964. The van der Waals surface area contributed by atoms with Crippen LogP contribution in [0.4, 0.5) is 10.3 Å². The van der Waals surface area contributed by atoms with Crippen molar-refractivity contribution >= 4 is 5.95 Å². The van der Waals surface area contributed by atoms with E-state index in [0.717, 1.165) is 25.9 Å². The number of nitrogens with one attached hydrogen (secondary N) is 1. The fraction of sp³-hybridized carbons (Fsp3) is 0.667. The molecule has 1 unspecified atom stereocenters. The zero-order valence-corrected chi connectivity index (χ0v) is 10.4. The lowest BCUT2D eigenvalue weighted by atomic mass is 9.90. The smallest absolute Gasteiger partial charge is 0.225 e. The molecule has 0 radical (unpaired) electrons. The van der Waals surface area contributed by atoms with Crippen molar-refractivity contribution in [3.63, 3.8) is 0 Å². The predicted octanol–water partition coefficient (Wildman–Crippen LogP) is 1.44. The Bertz CT molecular complexity index is 346. The first-order chi connectivity index (χ1) is 8.20. The lowest BCUT2D eigenvalue weighted by Gasteiger charge is -2.34. The van der Waals surface area contributed by atoms with Gasteiger partial charge in [-0.25, -0.2) is 14.4 Å². The Balaban J connectivity index is 1.93. The molecule has 1 saturated heterocycles. The summed E-state index contributed by atoms with van der Waals surface area (Å²) in [5.41, 5.74) is 0. The van der Waals surface area contributed by atoms with Crippen LogP contribution in [0.15, 0.2) is 12.4 Å². The second-order valence-corrected chi connectivity index (χ2v) is 4.60. The van der Waals surface area contributed by atoms with E-state index in [1.54, 1.807) is 0 Å². The third kappa shape index (κ3) is 2.91. The van der Waals surface area contributed by atoms with Crippen molar-refractivity contribution in [2.24, 2.45) is 5.92 Å². The zero-order valence-electron chi connectivity index (χ0n) is 10.4. The van der Waals surface area contributed by atoms with E-state index in [2.05, 4.69) is 27.1 Å². The van der Waals surface area contributed by atoms with Gasteiger partial charge in [0, 0.05) is 19.1 Å². The molecule has 0 bridgehead atoms. The van der Waals surface area contributed by atoms with Crippen LogP contribution in [0.3, 0.4) is 0 Å². The molecule has 1 aromatic heterocycles. The maximum absolute atomic E-state index is 12.7. The minimum Gasteiger partial charge on any atom is -0.341 e. The number of aromatic nitrogens is 2. The number of nitrogens with zero attached hydrogens (tertiary/aromatic N) is 3. The van der Waals surface area contributed by atoms with E-state index in [-0.39, 0.29) is 5.82 Å². The fourth-order valence-corrected chi connectivity index (χ4v) is 2.30. The van der Waals surface area contributed by atoms with Crippen molar-refractivity contribution in [3.05, 3.63) is 18.2 Å². The average Bonchev–Trinajstić information content (AvgIpc) is 2.39. The summed E-state index contributed by atoms with van der Waals surface area (Å²) in [6, 6.07) is 0.547. The lowest BCUT2D eigenvalue weighted by Crippen LogP contribution is -2.41. The molecule has 1 aliphatic heterocycles. The van der Waals surface area contributed by atoms with Crippen LogP contribution in [0.2, 0.25) is 0 Å². The molecule has 94 valence electrons. The van der Waals surface area contributed by atoms with Crippen LogP contribution in [0, 0.1) is 11.7 Å². The van der Waals surface area contributed by atoms with Gasteiger partial charge >= 0.3 is 0 Å². The molecule has 2 rings (SSSR count). The molecule has 1 aromatic rings. The third-order valence-corrected chi connectivity index (χ3v) is 3.59. The average molecular weight is 238 g/mol. The van der Waals surface area contributed by atoms with Crippen LogP contribution >= 0.6 is 0 Å². The highest BCUT2D eigenvalue weighted by Crippen LogP contribution is 2.22. The maximum atomic E-state index is 12.7. The fourth-order valence-electron chi connectivity index (χ4n) is 2.30. The second-order valence-electron chi connectivity index (χ2n) is 4.60. The number of piperidine rings is 1. The maximum Gasteiger partial charge on any atom is 0.225 e. The molecule has 0 saturated carbocycles. The summed E-state index contributed by atoms with van der Waals surface area (Å²) in [5, 5.41) is 3.30. The van der Waals surface area contributed by atoms with Crippen molar-refractivity contribution in [2.75, 3.05) is 25.0 Å². The normalized spacial score (nSPS) is 19.4. The first-order valence-electron chi connectivity index (χ1n) is 6.10. The molecule has 17 heavy (non-hydrogen) atoms. The van der Waals surface area contributed by atoms with Crippen LogP contribution in [-0.4, -0.2) is 36.1 Å². The monoisotopic (exact) mass is 238 g/mol. The van der Waals surface area contributed by atoms with E-state index in [0.29, 0.717) is 17.9 Å². The van der Waals surface area contributed by atoms with Gasteiger partial charge in [-0.05, 0) is 32.7 Å². The molecule has 0 aliphatic carbocycles. The van der Waals surface area contributed by atoms with Gasteiger partial charge in [0.25, 0.3) is 0 Å². The molecule has 1 atom stereocenters. The Morgan fingerprint density at radius 2 is 1.94 bits per heavy atom. The topological polar surface area (TPSA) is 41.0 Å². The minimum absolute atomic E-state index is 0.382. The van der Waals surface area contributed by atoms with Gasteiger partial charge in [-0.1, -0.05) is 0 Å². The molecular formula is C12H19FN4. The molecule has 1 aliphatic rings. The Hall–Kier alpha value is -1.23. The van der Waals surface area contributed by atoms with Gasteiger partial charge in [0.1, 0.15) is 0 Å². The van der Waals surface area contributed by atoms with Crippen molar-refractivity contribution in [1.82, 2.24) is 15.3 Å². The van der Waals surface area contributed by atoms with E-state index in [4.69, 9.17) is 0 Å². The van der Waals surface area contributed by atoms with Crippen molar-refractivity contribution in [2.45, 2.75) is 25.8 Å². The molecule has 2 heterocycles. The summed E-state index contributed by atoms with van der Waals surface area (Å²) >= 11 is 0. The molecule has 0 spiro atoms. The highest BCUT2D eigenvalue weighted by Gasteiger charge is 2.24. The summed E-state index contributed by atoms with van der Waals surface area (Å²) in [6.45, 7) is 4.11. The van der Waals surface area contributed by atoms with E-state index in [1.165, 1.54) is 12.4 Å². The van der Waals surface area contributed by atoms with Gasteiger partial charge in [-0.2, -0.15) is 0 Å². The van der Waals surface area contributed by atoms with Crippen molar-refractivity contribution in [3.8, 4) is 0 Å². The number of hydrogen-bond donors (Lipinski definition) is 1. The van der Waals surface area contributed by atoms with Gasteiger partial charge in [0.15, 0.2) is 5.82 Å². The molecule has 1 N–H and O–H groups in total. The summed E-state index contributed by atoms with van der Waals surface area (Å²) < 4.78 is 12.7. The van der Waals surface area contributed by atoms with Crippen LogP contribution in [0.25, 0.3) is 0 Å². The molecule has 0 amide bonds. The van der Waals surface area contributed by atoms with Gasteiger partial charge in [0.2, 0.25) is 5.95 Å². The first kappa shape index (κ1) is 12.2. The largest absolute Gasteiger partial charge is 0.341 e. The van der Waals surface area contributed by atoms with Gasteiger partial charge in [0.05, 0.1) is 12.4 Å². The van der Waals surface area contributed by atoms with Crippen molar-refractivity contribution < 1.29 is 4.39 Å². The summed E-state index contributed by atoms with van der Waals surface area (Å²) in [7, 11) is 2.00. The standard InChI is InChI=1S/C12H19FN4/c1-9(14-2)10-3-5-17(6-4-10)12-15-7-11(13)8-16-12/h7-10,14H,3-6H2,1-2H3. The summed E-state index contributed by atoms with van der Waals surface area (Å²) in [4.78, 5) is 10.2. The van der Waals surface area contributed by atoms with E-state index < -0.39 is 0 Å². The van der Waals surface area contributed by atoms with Gasteiger partial charge in [-0.3, -0.25) is 0 Å². The zero-order chi connectivity index (χ0) is 12.3. The van der Waals surface area contributed by atoms with Gasteiger partial charge in [-0.15, -0.1) is 0 Å². The SMILES string of the molecule is CNC(C)C1CCN(c2ncc(F)cn2)CC1. The quantitative estimate of drug-likeness (QED) is 0.865. The number of halogens is 1. The number of rotatable bonds is 3. The molecule has 0 aromatic carbocycles. The van der Waals surface area contributed by atoms with Crippen LogP contribution in [-0.2, 0) is 0 Å². The third-order valence-electron chi connectivity index (χ3n) is 3.59. The molecule has 5 heteroatoms. The number of anilines is 1. The highest BCUT2D eigenvalue weighted by molar-refractivity contribution is 5.29. The minimum atomic E-state index is -0.382. The van der Waals surface area contributed by atoms with E-state index in [1.807, 2.05) is 7.05 Å². The Morgan fingerprint density at radius 1 is 1.35 bits per heavy atom. The first-order valence-corrected chi connectivity index (χ1v) is 6.10. The number of hydrogen-bond acceptors (Lipinski definition) is 4. The highest BCUT2D eigenvalue weighted by atomic mass is 19.1. The van der Waals surface area contributed by atoms with Crippen LogP contribution in [0.1, 0.15) is 19.8 Å². The molecule has 1 fully saturated rings. The van der Waals surface area contributed by atoms with Gasteiger partial charge < -0.3 is 10.2 Å². The van der Waals surface area contributed by atoms with Crippen LogP contribution < -0.4 is 10.2 Å². The Kier molecular flexibility index (Phi) is 3.89. The molecule has 4 nitrogen and oxygen atoms in total. The Labute approximate surface area is 101 Å². The molecular weight excluding hydrogens is 219 g/mol. The lowest BCUT2D eigenvalue weighted by molar-refractivity contribution is 0.322. The van der Waals surface area contributed by atoms with Crippen LogP contribution in [0.5, 0.6) is 0 Å².